The van der Waals surface area contributed by atoms with Gasteiger partial charge in [-0.25, -0.2) is 14.6 Å². The average Bonchev–Trinajstić information content (AvgIpc) is 1.46. The van der Waals surface area contributed by atoms with Gasteiger partial charge in [-0.05, 0) is 164 Å². The van der Waals surface area contributed by atoms with Gasteiger partial charge in [0.15, 0.2) is 34.5 Å². The fourth-order valence-corrected chi connectivity index (χ4v) is 21.9. The van der Waals surface area contributed by atoms with Crippen LogP contribution in [0.15, 0.2) is 67.8 Å². The number of fused-ring (bicyclic) bond motifs is 7. The summed E-state index contributed by atoms with van der Waals surface area (Å²) in [6.07, 6.45) is 9.11. The molecule has 8 amide bonds. The average molecular weight is 1680 g/mol. The van der Waals surface area contributed by atoms with Gasteiger partial charge in [-0.2, -0.15) is 0 Å². The molecule has 0 radical (unpaired) electrons. The zero-order chi connectivity index (χ0) is 89.2. The molecule has 1 aromatic carbocycles. The zero-order valence-corrected chi connectivity index (χ0v) is 73.2. The number of aromatic nitrogens is 1. The lowest BCUT2D eigenvalue weighted by Gasteiger charge is -2.62. The van der Waals surface area contributed by atoms with Gasteiger partial charge >= 0.3 is 11.9 Å². The molecule has 31 heteroatoms. The minimum absolute atomic E-state index is 0.00527. The van der Waals surface area contributed by atoms with Crippen molar-refractivity contribution in [2.45, 2.75) is 242 Å². The summed E-state index contributed by atoms with van der Waals surface area (Å²) in [6, 6.07) is -3.69. The van der Waals surface area contributed by atoms with E-state index < -0.39 is 218 Å². The van der Waals surface area contributed by atoms with Crippen molar-refractivity contribution in [3.63, 3.8) is 0 Å². The highest BCUT2D eigenvalue weighted by Crippen LogP contribution is 2.81. The smallest absolute Gasteiger partial charge is 0.329 e. The number of Topliss-reactive ketones (excluding diaryl/α,β-unsaturated/α-hetero) is 3. The number of carbonyl (C=O) groups excluding carboxylic acids is 14. The number of aryl methyl sites for hydroxylation is 1. The molecule has 5 heterocycles. The number of ether oxygens (including phenoxy) is 3. The van der Waals surface area contributed by atoms with Crippen LogP contribution in [0.1, 0.15) is 205 Å². The summed E-state index contributed by atoms with van der Waals surface area (Å²) < 4.78 is 30.2. The van der Waals surface area contributed by atoms with Crippen LogP contribution < -0.4 is 32.4 Å². The first kappa shape index (κ1) is 89.8. The molecule has 1 aromatic heterocycles. The summed E-state index contributed by atoms with van der Waals surface area (Å²) in [4.78, 5) is 224. The van der Waals surface area contributed by atoms with Crippen molar-refractivity contribution < 1.29 is 95.3 Å². The number of nitrogens with zero attached hydrogens (tertiary/aromatic N) is 5. The number of aliphatic hydroxyl groups is 1. The molecule has 11 aliphatic rings. The molecule has 2 aromatic rings. The molecule has 121 heavy (non-hydrogen) atoms. The Balaban J connectivity index is 0.000000355. The van der Waals surface area contributed by atoms with Crippen LogP contribution in [0, 0.1) is 88.8 Å². The van der Waals surface area contributed by atoms with E-state index in [-0.39, 0.29) is 74.4 Å². The molecule has 7 N–H and O–H groups in total. The number of furan rings is 1. The molecule has 4 aliphatic heterocycles. The van der Waals surface area contributed by atoms with Crippen LogP contribution in [0.4, 0.5) is 5.69 Å². The maximum absolute atomic E-state index is 15.2. The Kier molecular flexibility index (Phi) is 24.5. The van der Waals surface area contributed by atoms with Crippen LogP contribution in [0.25, 0.3) is 22.6 Å². The monoisotopic (exact) mass is 1670 g/mol. The van der Waals surface area contributed by atoms with Crippen molar-refractivity contribution in [2.75, 3.05) is 47.0 Å². The number of hydrogen-bond acceptors (Lipinski definition) is 23. The van der Waals surface area contributed by atoms with Crippen LogP contribution in [-0.2, 0) is 71.7 Å². The first-order valence-corrected chi connectivity index (χ1v) is 42.4. The summed E-state index contributed by atoms with van der Waals surface area (Å²) in [5, 5.41) is 22.2. The third kappa shape index (κ3) is 15.0. The number of amides is 8. The van der Waals surface area contributed by atoms with Crippen LogP contribution >= 0.6 is 0 Å². The molecule has 7 aliphatic carbocycles. The van der Waals surface area contributed by atoms with E-state index in [2.05, 4.69) is 35.1 Å². The van der Waals surface area contributed by atoms with Gasteiger partial charge < -0.3 is 74.8 Å². The van der Waals surface area contributed by atoms with E-state index in [0.29, 0.717) is 49.7 Å². The first-order valence-electron chi connectivity index (χ1n) is 42.4. The molecule has 13 rings (SSSR count). The van der Waals surface area contributed by atoms with Gasteiger partial charge in [0.2, 0.25) is 46.7 Å². The minimum Gasteiger partial charge on any atom is -0.504 e. The van der Waals surface area contributed by atoms with Gasteiger partial charge in [0, 0.05) is 68.3 Å². The molecular formula is C90H118N10O21. The Bertz CT molecular complexity index is 5040. The van der Waals surface area contributed by atoms with E-state index in [1.165, 1.54) is 76.5 Å². The van der Waals surface area contributed by atoms with Crippen molar-refractivity contribution in [3.8, 4) is 11.5 Å². The maximum atomic E-state index is 15.2. The molecule has 3 saturated heterocycles. The number of ketones is 4. The Morgan fingerprint density at radius 2 is 1.15 bits per heavy atom. The predicted octanol–water partition coefficient (Wildman–Crippen LogP) is 7.61. The topological polar surface area (TPSA) is 434 Å². The molecule has 1 spiro atoms. The van der Waals surface area contributed by atoms with Crippen molar-refractivity contribution >= 4 is 99.1 Å². The Morgan fingerprint density at radius 1 is 0.653 bits per heavy atom. The number of anilines is 1. The number of benzene rings is 2. The number of esters is 2. The number of rotatable bonds is 9. The molecular weight excluding hydrogens is 1560 g/mol. The van der Waals surface area contributed by atoms with Gasteiger partial charge in [0.25, 0.3) is 11.8 Å². The highest BCUT2D eigenvalue weighted by Gasteiger charge is 2.87. The quantitative estimate of drug-likeness (QED) is 0.0406. The molecule has 19 unspecified atom stereocenters. The predicted molar refractivity (Wildman–Crippen MR) is 441 cm³/mol. The van der Waals surface area contributed by atoms with Crippen LogP contribution in [0.2, 0.25) is 0 Å². The Morgan fingerprint density at radius 3 is 1.63 bits per heavy atom. The molecule has 19 atom stereocenters. The van der Waals surface area contributed by atoms with Gasteiger partial charge in [-0.15, -0.1) is 0 Å². The number of likely N-dealkylation sites (N-methyl/N-ethyl adjacent to an activating group) is 4. The Hall–Kier alpha value is -10.5. The molecule has 654 valence electrons. The summed E-state index contributed by atoms with van der Waals surface area (Å²) in [5.41, 5.74) is 2.27. The number of carbonyl (C=O) groups is 14. The van der Waals surface area contributed by atoms with E-state index in [9.17, 15) is 67.4 Å². The van der Waals surface area contributed by atoms with Gasteiger partial charge in [0.05, 0.1) is 71.4 Å². The molecule has 0 bridgehead atoms. The second-order valence-corrected chi connectivity index (χ2v) is 37.8. The number of hydrogen-bond donors (Lipinski definition) is 6. The normalized spacial score (nSPS) is 33.3. The van der Waals surface area contributed by atoms with Gasteiger partial charge in [-0.1, -0.05) is 94.2 Å². The number of nitrogens with one attached hydrogen (secondary N) is 4. The molecule has 4 saturated carbocycles. The number of allylic oxidation sites excluding steroid dienone is 4. The highest BCUT2D eigenvalue weighted by molar-refractivity contribution is 6.11. The van der Waals surface area contributed by atoms with E-state index >= 15 is 9.59 Å². The number of nitrogens with two attached hydrogens (primary N) is 1. The van der Waals surface area contributed by atoms with Gasteiger partial charge in [0.1, 0.15) is 53.2 Å². The third-order valence-corrected chi connectivity index (χ3v) is 28.5. The van der Waals surface area contributed by atoms with Crippen LogP contribution in [0.3, 0.4) is 0 Å². The largest absolute Gasteiger partial charge is 0.504 e. The van der Waals surface area contributed by atoms with Crippen LogP contribution in [-0.4, -0.2) is 213 Å². The van der Waals surface area contributed by atoms with E-state index in [1.54, 1.807) is 74.7 Å². The Labute approximate surface area is 704 Å². The second kappa shape index (κ2) is 33.1. The van der Waals surface area contributed by atoms with Gasteiger partial charge in [-0.3, -0.25) is 62.3 Å². The minimum atomic E-state index is -1.86. The number of aliphatic hydroxyl groups excluding tert-OH is 1. The summed E-state index contributed by atoms with van der Waals surface area (Å²) in [6.45, 7) is 28.3. The summed E-state index contributed by atoms with van der Waals surface area (Å²) in [5.74, 6) is -15.2. The fraction of sp³-hybridized carbons (Fsp3) is 0.622. The maximum Gasteiger partial charge on any atom is 0.329 e. The lowest BCUT2D eigenvalue weighted by atomic mass is 9.39. The van der Waals surface area contributed by atoms with E-state index in [1.807, 2.05) is 39.2 Å². The SMILES string of the molecule is CC1(C)C(=O)C=CC2(C)C1=C(O)C(=O)C1(C)C2CCC2(C)C(c3ccoc3)CC3OC321.Cc1c2oc3c(C)ccc(C(=O)NC4C(=O)NC(C(C)C)C(=O)C5CCCC5C(=O)N(C)CC(=O)N(C)C(C(C)C)C(=O)OC4C)c3nc-2c(C(=O)NC2C(=O)NC(C(C)C)C(=O)C3CCCC3C(=O)N(C)CC(=O)N(C)C(C(C)C)C(=O)OC2C)c(N)c1=O. The standard InChI is InChI=1S/C64H88N10O16.C26H30O5/c1-27(2)44-53(78)35-19-17-21-37(35)61(84)71(13)25-40(75)73(15)50(29(5)6)63(86)88-33(11)46(59(82)67-44)69-57(80)39-24-23-31(9)55-48(39)66-49-42(43(65)52(77)32(10)56(49)90-55)58(81)70-47-34(12)89-64(87)51(30(7)8)74(16)41(76)26-72(14)62(85)38-22-18-20-36(38)54(79)45(28(3)4)68-60(47)83;1-22(2)17(27)7-9-23(3)16-6-10-24(4)15(14-8-11-30-13-14)12-18-26(24,31-18)25(16,5)21(29)19(28)20(22)23/h23-24,27-30,33-38,44-47,50-51H,17-22,25-26,65H2,1-16H3,(H,67,82)(H,68,83)(H,69,80)(H,70,81);7-9,11,13,15-16,18,28H,6,10,12H2,1-5H3. The number of cyclic esters (lactones) is 2. The lowest BCUT2D eigenvalue weighted by Crippen LogP contribution is -2.66. The summed E-state index contributed by atoms with van der Waals surface area (Å²) in [7, 11) is 5.66. The van der Waals surface area contributed by atoms with E-state index in [0.717, 1.165) is 29.1 Å². The van der Waals surface area contributed by atoms with E-state index in [4.69, 9.17) is 33.8 Å². The fourth-order valence-electron chi connectivity index (χ4n) is 21.9. The first-order chi connectivity index (χ1) is 56.6. The molecule has 7 fully saturated rings. The molecule has 31 nitrogen and oxygen atoms in total. The summed E-state index contributed by atoms with van der Waals surface area (Å²) >= 11 is 0. The van der Waals surface area contributed by atoms with Crippen molar-refractivity contribution in [3.05, 3.63) is 92.3 Å². The number of epoxide rings is 1. The van der Waals surface area contributed by atoms with Crippen molar-refractivity contribution in [1.82, 2.24) is 45.9 Å². The van der Waals surface area contributed by atoms with Crippen molar-refractivity contribution in [1.29, 1.82) is 0 Å². The number of nitrogen functional groups attached to an aromatic ring is 1. The van der Waals surface area contributed by atoms with Crippen LogP contribution in [0.5, 0.6) is 0 Å². The highest BCUT2D eigenvalue weighted by atomic mass is 16.6. The zero-order valence-electron chi connectivity index (χ0n) is 73.2. The van der Waals surface area contributed by atoms with Crippen molar-refractivity contribution in [2.24, 2.45) is 74.9 Å². The second-order valence-electron chi connectivity index (χ2n) is 37.8. The lowest BCUT2D eigenvalue weighted by molar-refractivity contribution is -0.163. The third-order valence-electron chi connectivity index (χ3n) is 28.5.